The first-order valence-corrected chi connectivity index (χ1v) is 8.70. The van der Waals surface area contributed by atoms with E-state index in [0.717, 1.165) is 39.0 Å². The highest BCUT2D eigenvalue weighted by atomic mass is 16.2. The number of rotatable bonds is 4. The Labute approximate surface area is 147 Å². The third-order valence-electron chi connectivity index (χ3n) is 4.70. The molecule has 0 unspecified atom stereocenters. The van der Waals surface area contributed by atoms with Crippen LogP contribution in [0.1, 0.15) is 12.8 Å². The summed E-state index contributed by atoms with van der Waals surface area (Å²) in [4.78, 5) is 37.9. The number of hydrogen-bond donors (Lipinski definition) is 2. The third kappa shape index (κ3) is 4.79. The van der Waals surface area contributed by atoms with Crippen LogP contribution in [0.5, 0.6) is 0 Å². The van der Waals surface area contributed by atoms with E-state index in [-0.39, 0.29) is 18.0 Å². The fourth-order valence-electron chi connectivity index (χ4n) is 3.29. The average Bonchev–Trinajstić information content (AvgIpc) is 2.64. The molecule has 3 N–H and O–H groups in total. The number of aromatic nitrogens is 2. The molecule has 2 aliphatic rings. The summed E-state index contributed by atoms with van der Waals surface area (Å²) in [5, 5.41) is 3.11. The number of carbonyl (C=O) groups excluding carboxylic acids is 2. The van der Waals surface area contributed by atoms with Crippen LogP contribution in [0.15, 0.2) is 18.5 Å². The zero-order valence-corrected chi connectivity index (χ0v) is 14.3. The molecular weight excluding hydrogens is 322 g/mol. The number of likely N-dealkylation sites (tertiary alicyclic amines) is 1. The number of piperidine rings is 1. The van der Waals surface area contributed by atoms with E-state index >= 15 is 0 Å². The van der Waals surface area contributed by atoms with Gasteiger partial charge in [0, 0.05) is 57.7 Å². The summed E-state index contributed by atoms with van der Waals surface area (Å²) in [6.07, 6.45) is 5.14. The van der Waals surface area contributed by atoms with E-state index in [9.17, 15) is 9.59 Å². The number of carbonyl (C=O) groups is 2. The molecule has 9 heteroatoms. The van der Waals surface area contributed by atoms with Gasteiger partial charge in [0.1, 0.15) is 0 Å². The Hall–Kier alpha value is -2.42. The Morgan fingerprint density at radius 2 is 1.72 bits per heavy atom. The molecule has 3 amide bonds. The van der Waals surface area contributed by atoms with E-state index in [2.05, 4.69) is 20.2 Å². The number of nitrogens with zero attached hydrogens (tertiary/aromatic N) is 5. The second-order valence-electron chi connectivity index (χ2n) is 6.49. The number of primary amides is 1. The molecule has 9 nitrogen and oxygen atoms in total. The SMILES string of the molecule is NC(=O)CN1CCC(NC(=O)N2CCN(c3ncccn3)CC2)CC1. The van der Waals surface area contributed by atoms with E-state index in [1.54, 1.807) is 18.5 Å². The van der Waals surface area contributed by atoms with Crippen LogP contribution in [-0.2, 0) is 4.79 Å². The smallest absolute Gasteiger partial charge is 0.317 e. The third-order valence-corrected chi connectivity index (χ3v) is 4.70. The van der Waals surface area contributed by atoms with E-state index in [0.29, 0.717) is 25.6 Å². The fourth-order valence-corrected chi connectivity index (χ4v) is 3.29. The predicted molar refractivity (Wildman–Crippen MR) is 93.0 cm³/mol. The van der Waals surface area contributed by atoms with Crippen LogP contribution in [-0.4, -0.2) is 83.6 Å². The van der Waals surface area contributed by atoms with Crippen LogP contribution >= 0.6 is 0 Å². The molecule has 2 aliphatic heterocycles. The van der Waals surface area contributed by atoms with Gasteiger partial charge in [0.05, 0.1) is 6.54 Å². The van der Waals surface area contributed by atoms with Crippen molar-refractivity contribution in [2.75, 3.05) is 50.7 Å². The van der Waals surface area contributed by atoms with Gasteiger partial charge in [-0.25, -0.2) is 14.8 Å². The van der Waals surface area contributed by atoms with Gasteiger partial charge in [-0.1, -0.05) is 0 Å². The molecule has 0 saturated carbocycles. The molecule has 0 atom stereocenters. The van der Waals surface area contributed by atoms with Crippen LogP contribution in [0.4, 0.5) is 10.7 Å². The van der Waals surface area contributed by atoms with Crippen LogP contribution in [0, 0.1) is 0 Å². The molecule has 3 rings (SSSR count). The first-order valence-electron chi connectivity index (χ1n) is 8.70. The normalized spacial score (nSPS) is 19.7. The number of anilines is 1. The van der Waals surface area contributed by atoms with Crippen molar-refractivity contribution < 1.29 is 9.59 Å². The Bertz CT molecular complexity index is 581. The second kappa shape index (κ2) is 8.11. The molecule has 0 aromatic carbocycles. The minimum absolute atomic E-state index is 0.0121. The maximum Gasteiger partial charge on any atom is 0.317 e. The number of urea groups is 1. The minimum Gasteiger partial charge on any atom is -0.369 e. The molecule has 1 aromatic rings. The van der Waals surface area contributed by atoms with Crippen molar-refractivity contribution >= 4 is 17.9 Å². The number of amides is 3. The average molecular weight is 347 g/mol. The Morgan fingerprint density at radius 1 is 1.08 bits per heavy atom. The van der Waals surface area contributed by atoms with Crippen molar-refractivity contribution in [3.63, 3.8) is 0 Å². The van der Waals surface area contributed by atoms with Crippen molar-refractivity contribution in [2.24, 2.45) is 5.73 Å². The summed E-state index contributed by atoms with van der Waals surface area (Å²) >= 11 is 0. The summed E-state index contributed by atoms with van der Waals surface area (Å²) in [7, 11) is 0. The predicted octanol–water partition coefficient (Wildman–Crippen LogP) is -0.742. The van der Waals surface area contributed by atoms with Gasteiger partial charge in [0.25, 0.3) is 0 Å². The van der Waals surface area contributed by atoms with Crippen molar-refractivity contribution in [3.8, 4) is 0 Å². The largest absolute Gasteiger partial charge is 0.369 e. The zero-order valence-electron chi connectivity index (χ0n) is 14.3. The van der Waals surface area contributed by atoms with Gasteiger partial charge in [0.15, 0.2) is 0 Å². The van der Waals surface area contributed by atoms with Crippen LogP contribution < -0.4 is 16.0 Å². The number of nitrogens with two attached hydrogens (primary N) is 1. The van der Waals surface area contributed by atoms with Gasteiger partial charge in [-0.3, -0.25) is 9.69 Å². The Balaban J connectivity index is 1.41. The summed E-state index contributed by atoms with van der Waals surface area (Å²) in [5.41, 5.74) is 5.22. The van der Waals surface area contributed by atoms with Gasteiger partial charge < -0.3 is 20.9 Å². The quantitative estimate of drug-likeness (QED) is 0.743. The maximum atomic E-state index is 12.4. The fraction of sp³-hybridized carbons (Fsp3) is 0.625. The highest BCUT2D eigenvalue weighted by Gasteiger charge is 2.26. The highest BCUT2D eigenvalue weighted by molar-refractivity contribution is 5.76. The summed E-state index contributed by atoms with van der Waals surface area (Å²) in [6.45, 7) is 4.64. The van der Waals surface area contributed by atoms with Gasteiger partial charge >= 0.3 is 6.03 Å². The molecule has 0 radical (unpaired) electrons. The second-order valence-corrected chi connectivity index (χ2v) is 6.49. The zero-order chi connectivity index (χ0) is 17.6. The molecule has 2 fully saturated rings. The van der Waals surface area contributed by atoms with Crippen molar-refractivity contribution in [1.29, 1.82) is 0 Å². The van der Waals surface area contributed by atoms with E-state index in [1.165, 1.54) is 0 Å². The topological polar surface area (TPSA) is 108 Å². The van der Waals surface area contributed by atoms with Gasteiger partial charge in [-0.2, -0.15) is 0 Å². The first kappa shape index (κ1) is 17.4. The van der Waals surface area contributed by atoms with E-state index < -0.39 is 0 Å². The molecule has 2 saturated heterocycles. The standard InChI is InChI=1S/C16H25N7O2/c17-14(24)12-21-6-2-13(3-7-21)20-16(25)23-10-8-22(9-11-23)15-18-4-1-5-19-15/h1,4-5,13H,2-3,6-12H2,(H2,17,24)(H,20,25). The minimum atomic E-state index is -0.303. The van der Waals surface area contributed by atoms with Gasteiger partial charge in [-0.05, 0) is 18.9 Å². The molecule has 0 bridgehead atoms. The molecule has 1 aromatic heterocycles. The maximum absolute atomic E-state index is 12.4. The van der Waals surface area contributed by atoms with Crippen molar-refractivity contribution in [1.82, 2.24) is 25.1 Å². The number of piperazine rings is 1. The summed E-state index contributed by atoms with van der Waals surface area (Å²) in [5.74, 6) is 0.409. The van der Waals surface area contributed by atoms with Crippen molar-refractivity contribution in [2.45, 2.75) is 18.9 Å². The van der Waals surface area contributed by atoms with Crippen molar-refractivity contribution in [3.05, 3.63) is 18.5 Å². The first-order chi connectivity index (χ1) is 12.1. The number of hydrogen-bond acceptors (Lipinski definition) is 6. The van der Waals surface area contributed by atoms with Crippen LogP contribution in [0.2, 0.25) is 0 Å². The summed E-state index contributed by atoms with van der Waals surface area (Å²) in [6, 6.07) is 1.94. The lowest BCUT2D eigenvalue weighted by Crippen LogP contribution is -2.55. The van der Waals surface area contributed by atoms with E-state index in [4.69, 9.17) is 5.73 Å². The molecule has 3 heterocycles. The monoisotopic (exact) mass is 347 g/mol. The van der Waals surface area contributed by atoms with E-state index in [1.807, 2.05) is 9.80 Å². The molecule has 0 aliphatic carbocycles. The summed E-state index contributed by atoms with van der Waals surface area (Å²) < 4.78 is 0. The van der Waals surface area contributed by atoms with Crippen LogP contribution in [0.3, 0.4) is 0 Å². The molecule has 25 heavy (non-hydrogen) atoms. The van der Waals surface area contributed by atoms with Crippen LogP contribution in [0.25, 0.3) is 0 Å². The lowest BCUT2D eigenvalue weighted by Gasteiger charge is -2.37. The molecule has 136 valence electrons. The molecule has 0 spiro atoms. The number of nitrogens with one attached hydrogen (secondary N) is 1. The Morgan fingerprint density at radius 3 is 2.32 bits per heavy atom. The molecular formula is C16H25N7O2. The van der Waals surface area contributed by atoms with Gasteiger partial charge in [0.2, 0.25) is 11.9 Å². The Kier molecular flexibility index (Phi) is 5.64. The lowest BCUT2D eigenvalue weighted by molar-refractivity contribution is -0.119. The van der Waals surface area contributed by atoms with Gasteiger partial charge in [-0.15, -0.1) is 0 Å². The lowest BCUT2D eigenvalue weighted by atomic mass is 10.1. The highest BCUT2D eigenvalue weighted by Crippen LogP contribution is 2.12.